The van der Waals surface area contributed by atoms with Crippen LogP contribution in [0.15, 0.2) is 30.5 Å². The maximum absolute atomic E-state index is 5.94. The Kier molecular flexibility index (Phi) is 4.65. The SMILES string of the molecule is CCN(C)c1ccnc(CC2COc3c(cccc3OC)C2)n1. The van der Waals surface area contributed by atoms with Gasteiger partial charge in [-0.05, 0) is 31.0 Å². The number of methoxy groups -OCH3 is 1. The zero-order valence-corrected chi connectivity index (χ0v) is 14.0. The second-order valence-corrected chi connectivity index (χ2v) is 5.88. The van der Waals surface area contributed by atoms with E-state index in [-0.39, 0.29) is 0 Å². The van der Waals surface area contributed by atoms with E-state index in [1.807, 2.05) is 31.4 Å². The highest BCUT2D eigenvalue weighted by Gasteiger charge is 2.23. The van der Waals surface area contributed by atoms with Crippen LogP contribution < -0.4 is 14.4 Å². The third-order valence-electron chi connectivity index (χ3n) is 4.28. The lowest BCUT2D eigenvalue weighted by Crippen LogP contribution is -2.24. The van der Waals surface area contributed by atoms with E-state index in [0.717, 1.165) is 42.5 Å². The van der Waals surface area contributed by atoms with Crippen molar-refractivity contribution in [3.63, 3.8) is 0 Å². The molecule has 3 rings (SSSR count). The van der Waals surface area contributed by atoms with Crippen molar-refractivity contribution in [1.82, 2.24) is 9.97 Å². The molecule has 0 spiro atoms. The second kappa shape index (κ2) is 6.86. The summed E-state index contributed by atoms with van der Waals surface area (Å²) in [5.74, 6) is 3.92. The Labute approximate surface area is 137 Å². The largest absolute Gasteiger partial charge is 0.493 e. The average molecular weight is 313 g/mol. The van der Waals surface area contributed by atoms with Crippen LogP contribution in [-0.4, -0.2) is 37.3 Å². The standard InChI is InChI=1S/C18H23N3O2/c1-4-21(2)17-8-9-19-16(20-17)11-13-10-14-6-5-7-15(22-3)18(14)23-12-13/h5-9,13H,4,10-12H2,1-3H3. The zero-order valence-electron chi connectivity index (χ0n) is 14.0. The molecule has 0 aliphatic carbocycles. The summed E-state index contributed by atoms with van der Waals surface area (Å²) in [6, 6.07) is 8.00. The Balaban J connectivity index is 1.73. The molecule has 0 N–H and O–H groups in total. The summed E-state index contributed by atoms with van der Waals surface area (Å²) >= 11 is 0. The van der Waals surface area contributed by atoms with Crippen LogP contribution in [0.5, 0.6) is 11.5 Å². The van der Waals surface area contributed by atoms with Crippen LogP contribution in [0.1, 0.15) is 18.3 Å². The van der Waals surface area contributed by atoms with Gasteiger partial charge >= 0.3 is 0 Å². The van der Waals surface area contributed by atoms with Gasteiger partial charge in [0.15, 0.2) is 11.5 Å². The van der Waals surface area contributed by atoms with Crippen molar-refractivity contribution in [2.75, 3.05) is 32.2 Å². The minimum Gasteiger partial charge on any atom is -0.493 e. The first-order chi connectivity index (χ1) is 11.2. The highest BCUT2D eigenvalue weighted by atomic mass is 16.5. The number of aromatic nitrogens is 2. The van der Waals surface area contributed by atoms with E-state index in [4.69, 9.17) is 9.47 Å². The van der Waals surface area contributed by atoms with Crippen LogP contribution in [0.4, 0.5) is 5.82 Å². The predicted octanol–water partition coefficient (Wildman–Crippen LogP) is 2.74. The van der Waals surface area contributed by atoms with Gasteiger partial charge in [0.05, 0.1) is 13.7 Å². The Morgan fingerprint density at radius 1 is 1.35 bits per heavy atom. The van der Waals surface area contributed by atoms with Gasteiger partial charge in [-0.15, -0.1) is 0 Å². The van der Waals surface area contributed by atoms with Crippen LogP contribution in [0, 0.1) is 5.92 Å². The topological polar surface area (TPSA) is 47.5 Å². The summed E-state index contributed by atoms with van der Waals surface area (Å²) in [5.41, 5.74) is 1.20. The van der Waals surface area contributed by atoms with Crippen molar-refractivity contribution in [3.8, 4) is 11.5 Å². The number of fused-ring (bicyclic) bond motifs is 1. The van der Waals surface area contributed by atoms with E-state index in [1.54, 1.807) is 7.11 Å². The molecule has 1 unspecified atom stereocenters. The lowest BCUT2D eigenvalue weighted by Gasteiger charge is -2.26. The number of para-hydroxylation sites is 1. The van der Waals surface area contributed by atoms with Crippen LogP contribution in [0.3, 0.4) is 0 Å². The fourth-order valence-corrected chi connectivity index (χ4v) is 2.87. The van der Waals surface area contributed by atoms with Crippen LogP contribution >= 0.6 is 0 Å². The van der Waals surface area contributed by atoms with E-state index < -0.39 is 0 Å². The third kappa shape index (κ3) is 3.38. The van der Waals surface area contributed by atoms with Gasteiger partial charge in [-0.3, -0.25) is 0 Å². The Morgan fingerprint density at radius 2 is 2.22 bits per heavy atom. The maximum atomic E-state index is 5.94. The Hall–Kier alpha value is -2.30. The van der Waals surface area contributed by atoms with Gasteiger partial charge in [-0.2, -0.15) is 0 Å². The molecule has 5 heteroatoms. The molecular weight excluding hydrogens is 290 g/mol. The highest BCUT2D eigenvalue weighted by Crippen LogP contribution is 2.36. The second-order valence-electron chi connectivity index (χ2n) is 5.88. The predicted molar refractivity (Wildman–Crippen MR) is 90.4 cm³/mol. The van der Waals surface area contributed by atoms with Crippen molar-refractivity contribution < 1.29 is 9.47 Å². The molecule has 0 radical (unpaired) electrons. The number of ether oxygens (including phenoxy) is 2. The summed E-state index contributed by atoms with van der Waals surface area (Å²) in [4.78, 5) is 11.2. The highest BCUT2D eigenvalue weighted by molar-refractivity contribution is 5.47. The van der Waals surface area contributed by atoms with Crippen LogP contribution in [0.2, 0.25) is 0 Å². The summed E-state index contributed by atoms with van der Waals surface area (Å²) in [6.45, 7) is 3.71. The van der Waals surface area contributed by atoms with Gasteiger partial charge in [-0.25, -0.2) is 9.97 Å². The van der Waals surface area contributed by atoms with E-state index in [9.17, 15) is 0 Å². The third-order valence-corrected chi connectivity index (χ3v) is 4.28. The Bertz CT molecular complexity index is 675. The number of benzene rings is 1. The minimum absolute atomic E-state index is 0.386. The van der Waals surface area contributed by atoms with Gasteiger partial charge in [-0.1, -0.05) is 12.1 Å². The molecule has 0 bridgehead atoms. The molecule has 2 heterocycles. The number of hydrogen-bond donors (Lipinski definition) is 0. The lowest BCUT2D eigenvalue weighted by atomic mass is 9.93. The molecule has 2 aromatic rings. The molecule has 23 heavy (non-hydrogen) atoms. The van der Waals surface area contributed by atoms with Gasteiger partial charge in [0.2, 0.25) is 0 Å². The van der Waals surface area contributed by atoms with Crippen molar-refractivity contribution in [2.24, 2.45) is 5.92 Å². The summed E-state index contributed by atoms with van der Waals surface area (Å²) in [7, 11) is 3.72. The number of rotatable bonds is 5. The Morgan fingerprint density at radius 3 is 3.00 bits per heavy atom. The van der Waals surface area contributed by atoms with Crippen molar-refractivity contribution in [2.45, 2.75) is 19.8 Å². The summed E-state index contributed by atoms with van der Waals surface area (Å²) in [6.07, 6.45) is 3.62. The minimum atomic E-state index is 0.386. The average Bonchev–Trinajstić information content (AvgIpc) is 2.60. The fraction of sp³-hybridized carbons (Fsp3) is 0.444. The molecule has 0 amide bonds. The number of nitrogens with zero attached hydrogens (tertiary/aromatic N) is 3. The first-order valence-electron chi connectivity index (χ1n) is 8.03. The monoisotopic (exact) mass is 313 g/mol. The molecule has 1 aliphatic rings. The van der Waals surface area contributed by atoms with E-state index in [2.05, 4.69) is 27.9 Å². The molecule has 5 nitrogen and oxygen atoms in total. The quantitative estimate of drug-likeness (QED) is 0.849. The van der Waals surface area contributed by atoms with Crippen molar-refractivity contribution >= 4 is 5.82 Å². The number of anilines is 1. The molecule has 1 aromatic carbocycles. The summed E-state index contributed by atoms with van der Waals surface area (Å²) < 4.78 is 11.3. The molecule has 0 saturated carbocycles. The number of hydrogen-bond acceptors (Lipinski definition) is 5. The van der Waals surface area contributed by atoms with Crippen LogP contribution in [-0.2, 0) is 12.8 Å². The van der Waals surface area contributed by atoms with Gasteiger partial charge in [0.25, 0.3) is 0 Å². The van der Waals surface area contributed by atoms with Gasteiger partial charge in [0, 0.05) is 32.1 Å². The van der Waals surface area contributed by atoms with E-state index in [1.165, 1.54) is 5.56 Å². The molecule has 0 fully saturated rings. The molecule has 1 aromatic heterocycles. The molecular formula is C18H23N3O2. The summed E-state index contributed by atoms with van der Waals surface area (Å²) in [5, 5.41) is 0. The van der Waals surface area contributed by atoms with E-state index in [0.29, 0.717) is 12.5 Å². The first kappa shape index (κ1) is 15.6. The normalized spacial score (nSPS) is 16.4. The molecule has 122 valence electrons. The van der Waals surface area contributed by atoms with Crippen molar-refractivity contribution in [3.05, 3.63) is 41.9 Å². The molecule has 1 atom stereocenters. The smallest absolute Gasteiger partial charge is 0.164 e. The lowest BCUT2D eigenvalue weighted by molar-refractivity contribution is 0.209. The fourth-order valence-electron chi connectivity index (χ4n) is 2.87. The van der Waals surface area contributed by atoms with Gasteiger partial charge < -0.3 is 14.4 Å². The van der Waals surface area contributed by atoms with Crippen molar-refractivity contribution in [1.29, 1.82) is 0 Å². The maximum Gasteiger partial charge on any atom is 0.164 e. The molecule has 1 aliphatic heterocycles. The van der Waals surface area contributed by atoms with E-state index >= 15 is 0 Å². The first-order valence-corrected chi connectivity index (χ1v) is 8.03. The zero-order chi connectivity index (χ0) is 16.2. The van der Waals surface area contributed by atoms with Gasteiger partial charge in [0.1, 0.15) is 11.6 Å². The van der Waals surface area contributed by atoms with Crippen LogP contribution in [0.25, 0.3) is 0 Å². The molecule has 0 saturated heterocycles.